The van der Waals surface area contributed by atoms with Crippen molar-refractivity contribution in [3.63, 3.8) is 0 Å². The number of pyridine rings is 1. The number of allylic oxidation sites excluding steroid dienone is 1. The first-order chi connectivity index (χ1) is 6.49. The van der Waals surface area contributed by atoms with Crippen LogP contribution in [0.2, 0.25) is 0 Å². The molecule has 0 aliphatic heterocycles. The molecule has 1 unspecified atom stereocenters. The summed E-state index contributed by atoms with van der Waals surface area (Å²) in [7, 11) is 0. The molecule has 1 atom stereocenters. The summed E-state index contributed by atoms with van der Waals surface area (Å²) in [5.74, 6) is 0. The Morgan fingerprint density at radius 1 is 1.36 bits per heavy atom. The number of rotatable bonds is 2. The van der Waals surface area contributed by atoms with Crippen molar-refractivity contribution in [3.8, 4) is 0 Å². The van der Waals surface area contributed by atoms with Crippen LogP contribution in [0.25, 0.3) is 0 Å². The fraction of sp³-hybridized carbons (Fsp3) is 0.417. The first-order valence-electron chi connectivity index (χ1n) is 4.77. The molecule has 0 radical (unpaired) electrons. The number of aliphatic hydroxyl groups is 1. The van der Waals surface area contributed by atoms with Crippen LogP contribution >= 0.6 is 0 Å². The summed E-state index contributed by atoms with van der Waals surface area (Å²) in [6.07, 6.45) is 1.22. The molecule has 1 aromatic rings. The second kappa shape index (κ2) is 4.38. The molecule has 0 bridgehead atoms. The Labute approximate surface area is 85.3 Å². The number of aromatic nitrogens is 1. The maximum atomic E-state index is 9.80. The average molecular weight is 191 g/mol. The van der Waals surface area contributed by atoms with Crippen LogP contribution in [0.3, 0.4) is 0 Å². The van der Waals surface area contributed by atoms with Crippen molar-refractivity contribution in [2.45, 2.75) is 33.8 Å². The van der Waals surface area contributed by atoms with Gasteiger partial charge in [-0.2, -0.15) is 0 Å². The Hall–Kier alpha value is -1.15. The Kier molecular flexibility index (Phi) is 3.42. The van der Waals surface area contributed by atoms with E-state index in [1.165, 1.54) is 0 Å². The largest absolute Gasteiger partial charge is 0.383 e. The molecule has 0 amide bonds. The lowest BCUT2D eigenvalue weighted by atomic mass is 10.1. The SMILES string of the molecule is CC(C)=CC(O)c1cc(C)cc(C)n1. The molecule has 76 valence electrons. The van der Waals surface area contributed by atoms with E-state index in [9.17, 15) is 5.11 Å². The molecule has 1 aromatic heterocycles. The molecule has 0 fully saturated rings. The second-order valence-corrected chi connectivity index (χ2v) is 3.90. The summed E-state index contributed by atoms with van der Waals surface area (Å²) in [6.45, 7) is 7.87. The summed E-state index contributed by atoms with van der Waals surface area (Å²) in [6, 6.07) is 3.91. The van der Waals surface area contributed by atoms with E-state index in [0.717, 1.165) is 22.5 Å². The van der Waals surface area contributed by atoms with Gasteiger partial charge in [0.05, 0.1) is 5.69 Å². The average Bonchev–Trinajstić information content (AvgIpc) is 2.00. The Bertz CT molecular complexity index is 331. The molecule has 1 rings (SSSR count). The van der Waals surface area contributed by atoms with Crippen molar-refractivity contribution in [1.29, 1.82) is 0 Å². The Morgan fingerprint density at radius 3 is 2.50 bits per heavy atom. The highest BCUT2D eigenvalue weighted by Gasteiger charge is 2.06. The summed E-state index contributed by atoms with van der Waals surface area (Å²) in [5.41, 5.74) is 3.90. The van der Waals surface area contributed by atoms with Crippen LogP contribution in [0.5, 0.6) is 0 Å². The normalized spacial score (nSPS) is 12.4. The van der Waals surface area contributed by atoms with Gasteiger partial charge in [-0.1, -0.05) is 11.6 Å². The van der Waals surface area contributed by atoms with E-state index in [2.05, 4.69) is 4.98 Å². The van der Waals surface area contributed by atoms with Gasteiger partial charge in [0.1, 0.15) is 6.10 Å². The van der Waals surface area contributed by atoms with Gasteiger partial charge in [-0.25, -0.2) is 0 Å². The van der Waals surface area contributed by atoms with Crippen molar-refractivity contribution in [2.24, 2.45) is 0 Å². The number of aryl methyl sites for hydroxylation is 2. The molecular weight excluding hydrogens is 174 g/mol. The van der Waals surface area contributed by atoms with Gasteiger partial charge in [0.2, 0.25) is 0 Å². The topological polar surface area (TPSA) is 33.1 Å². The van der Waals surface area contributed by atoms with Crippen molar-refractivity contribution in [1.82, 2.24) is 4.98 Å². The zero-order valence-corrected chi connectivity index (χ0v) is 9.20. The van der Waals surface area contributed by atoms with E-state index in [1.54, 1.807) is 6.08 Å². The molecule has 0 saturated carbocycles. The zero-order valence-electron chi connectivity index (χ0n) is 9.20. The maximum Gasteiger partial charge on any atom is 0.114 e. The summed E-state index contributed by atoms with van der Waals surface area (Å²) >= 11 is 0. The van der Waals surface area contributed by atoms with Gasteiger partial charge in [0, 0.05) is 5.69 Å². The third kappa shape index (κ3) is 2.96. The lowest BCUT2D eigenvalue weighted by Gasteiger charge is -2.08. The van der Waals surface area contributed by atoms with Crippen LogP contribution in [0.1, 0.15) is 36.9 Å². The third-order valence-electron chi connectivity index (χ3n) is 1.91. The number of aliphatic hydroxyl groups excluding tert-OH is 1. The lowest BCUT2D eigenvalue weighted by molar-refractivity contribution is 0.222. The van der Waals surface area contributed by atoms with E-state index < -0.39 is 6.10 Å². The predicted octanol–water partition coefficient (Wildman–Crippen LogP) is 2.70. The van der Waals surface area contributed by atoms with Crippen molar-refractivity contribution < 1.29 is 5.11 Å². The maximum absolute atomic E-state index is 9.80. The van der Waals surface area contributed by atoms with Crippen molar-refractivity contribution in [3.05, 3.63) is 40.7 Å². The predicted molar refractivity (Wildman–Crippen MR) is 58.1 cm³/mol. The zero-order chi connectivity index (χ0) is 10.7. The Morgan fingerprint density at radius 2 is 2.00 bits per heavy atom. The molecule has 1 N–H and O–H groups in total. The third-order valence-corrected chi connectivity index (χ3v) is 1.91. The monoisotopic (exact) mass is 191 g/mol. The van der Waals surface area contributed by atoms with Crippen LogP contribution in [-0.4, -0.2) is 10.1 Å². The molecule has 0 aromatic carbocycles. The molecule has 0 aliphatic rings. The van der Waals surface area contributed by atoms with Gasteiger partial charge >= 0.3 is 0 Å². The minimum absolute atomic E-state index is 0.585. The molecular formula is C12H17NO. The standard InChI is InChI=1S/C12H17NO/c1-8(2)5-12(14)11-7-9(3)6-10(4)13-11/h5-7,12,14H,1-4H3. The van der Waals surface area contributed by atoms with Gasteiger partial charge in [-0.15, -0.1) is 0 Å². The van der Waals surface area contributed by atoms with E-state index in [0.29, 0.717) is 0 Å². The number of hydrogen-bond donors (Lipinski definition) is 1. The highest BCUT2D eigenvalue weighted by Crippen LogP contribution is 2.15. The smallest absolute Gasteiger partial charge is 0.114 e. The highest BCUT2D eigenvalue weighted by molar-refractivity contribution is 5.23. The van der Waals surface area contributed by atoms with Crippen LogP contribution in [-0.2, 0) is 0 Å². The fourth-order valence-corrected chi connectivity index (χ4v) is 1.43. The summed E-state index contributed by atoms with van der Waals surface area (Å²) < 4.78 is 0. The van der Waals surface area contributed by atoms with Gasteiger partial charge in [-0.05, 0) is 45.4 Å². The van der Waals surface area contributed by atoms with Crippen LogP contribution in [0.15, 0.2) is 23.8 Å². The van der Waals surface area contributed by atoms with Crippen LogP contribution < -0.4 is 0 Å². The molecule has 0 saturated heterocycles. The Balaban J connectivity index is 3.01. The second-order valence-electron chi connectivity index (χ2n) is 3.90. The quantitative estimate of drug-likeness (QED) is 0.729. The molecule has 2 heteroatoms. The van der Waals surface area contributed by atoms with E-state index >= 15 is 0 Å². The van der Waals surface area contributed by atoms with Crippen molar-refractivity contribution in [2.75, 3.05) is 0 Å². The van der Waals surface area contributed by atoms with E-state index in [-0.39, 0.29) is 0 Å². The fourth-order valence-electron chi connectivity index (χ4n) is 1.43. The lowest BCUT2D eigenvalue weighted by Crippen LogP contribution is -1.99. The van der Waals surface area contributed by atoms with Crippen molar-refractivity contribution >= 4 is 0 Å². The highest BCUT2D eigenvalue weighted by atomic mass is 16.3. The molecule has 0 spiro atoms. The van der Waals surface area contributed by atoms with Crippen LogP contribution in [0.4, 0.5) is 0 Å². The first-order valence-corrected chi connectivity index (χ1v) is 4.77. The minimum Gasteiger partial charge on any atom is -0.383 e. The molecule has 14 heavy (non-hydrogen) atoms. The number of hydrogen-bond acceptors (Lipinski definition) is 2. The van der Waals surface area contributed by atoms with Gasteiger partial charge in [-0.3, -0.25) is 4.98 Å². The van der Waals surface area contributed by atoms with E-state index in [1.807, 2.05) is 39.8 Å². The first kappa shape index (κ1) is 10.9. The molecule has 1 heterocycles. The van der Waals surface area contributed by atoms with E-state index in [4.69, 9.17) is 0 Å². The summed E-state index contributed by atoms with van der Waals surface area (Å²) in [5, 5.41) is 9.80. The van der Waals surface area contributed by atoms with Gasteiger partial charge < -0.3 is 5.11 Å². The van der Waals surface area contributed by atoms with Gasteiger partial charge in [0.15, 0.2) is 0 Å². The van der Waals surface area contributed by atoms with Crippen LogP contribution in [0, 0.1) is 13.8 Å². The minimum atomic E-state index is -0.585. The molecule has 2 nitrogen and oxygen atoms in total. The number of nitrogens with zero attached hydrogens (tertiary/aromatic N) is 1. The van der Waals surface area contributed by atoms with Gasteiger partial charge in [0.25, 0.3) is 0 Å². The molecule has 0 aliphatic carbocycles. The summed E-state index contributed by atoms with van der Waals surface area (Å²) in [4.78, 5) is 4.29.